The molecule has 0 atom stereocenters. The number of anilines is 1. The molecule has 1 aromatic carbocycles. The zero-order valence-electron chi connectivity index (χ0n) is 7.09. The molecule has 2 aromatic rings. The number of hydrogen-bond acceptors (Lipinski definition) is 2. The lowest BCUT2D eigenvalue weighted by atomic mass is 10.1. The lowest BCUT2D eigenvalue weighted by Gasteiger charge is -1.99. The van der Waals surface area contributed by atoms with Crippen molar-refractivity contribution < 1.29 is 4.39 Å². The van der Waals surface area contributed by atoms with Crippen molar-refractivity contribution in [1.82, 2.24) is 10.2 Å². The molecule has 3 N–H and O–H groups in total. The minimum Gasteiger partial charge on any atom is -0.382 e. The van der Waals surface area contributed by atoms with E-state index in [4.69, 9.17) is 17.3 Å². The Morgan fingerprint density at radius 1 is 1.29 bits per heavy atom. The van der Waals surface area contributed by atoms with Crippen LogP contribution in [0.2, 0.25) is 5.15 Å². The van der Waals surface area contributed by atoms with Crippen molar-refractivity contribution in [2.24, 2.45) is 0 Å². The maximum Gasteiger partial charge on any atom is 0.154 e. The van der Waals surface area contributed by atoms with Gasteiger partial charge >= 0.3 is 0 Å². The smallest absolute Gasteiger partial charge is 0.154 e. The molecule has 0 fully saturated rings. The van der Waals surface area contributed by atoms with Gasteiger partial charge in [-0.1, -0.05) is 23.7 Å². The monoisotopic (exact) mass is 211 g/mol. The van der Waals surface area contributed by atoms with Crippen LogP contribution in [0.15, 0.2) is 24.3 Å². The Morgan fingerprint density at radius 2 is 1.93 bits per heavy atom. The van der Waals surface area contributed by atoms with Gasteiger partial charge < -0.3 is 5.73 Å². The van der Waals surface area contributed by atoms with Gasteiger partial charge in [0.1, 0.15) is 11.0 Å². The fourth-order valence-corrected chi connectivity index (χ4v) is 1.47. The minimum atomic E-state index is -0.299. The van der Waals surface area contributed by atoms with Gasteiger partial charge in [-0.2, -0.15) is 5.10 Å². The number of nitrogens with one attached hydrogen (secondary N) is 1. The van der Waals surface area contributed by atoms with E-state index >= 15 is 0 Å². The fraction of sp³-hybridized carbons (Fsp3) is 0. The first kappa shape index (κ1) is 9.02. The van der Waals surface area contributed by atoms with E-state index in [0.29, 0.717) is 16.5 Å². The van der Waals surface area contributed by atoms with E-state index in [2.05, 4.69) is 10.2 Å². The van der Waals surface area contributed by atoms with Crippen LogP contribution in [0, 0.1) is 5.82 Å². The number of nitrogens with zero attached hydrogens (tertiary/aromatic N) is 1. The van der Waals surface area contributed by atoms with Crippen LogP contribution in [0.3, 0.4) is 0 Å². The van der Waals surface area contributed by atoms with Gasteiger partial charge in [-0.05, 0) is 17.7 Å². The van der Waals surface area contributed by atoms with Crippen molar-refractivity contribution in [1.29, 1.82) is 0 Å². The third kappa shape index (κ3) is 1.44. The third-order valence-corrected chi connectivity index (χ3v) is 2.16. The second-order valence-electron chi connectivity index (χ2n) is 2.80. The van der Waals surface area contributed by atoms with Crippen molar-refractivity contribution in [3.05, 3.63) is 35.2 Å². The summed E-state index contributed by atoms with van der Waals surface area (Å²) in [5, 5.41) is 6.64. The Balaban J connectivity index is 2.54. The first-order valence-corrected chi connectivity index (χ1v) is 4.31. The fourth-order valence-electron chi connectivity index (χ4n) is 1.22. The maximum atomic E-state index is 12.6. The molecule has 3 nitrogen and oxygen atoms in total. The molecule has 0 aliphatic carbocycles. The maximum absolute atomic E-state index is 12.6. The number of rotatable bonds is 1. The van der Waals surface area contributed by atoms with E-state index in [1.165, 1.54) is 12.1 Å². The van der Waals surface area contributed by atoms with E-state index < -0.39 is 0 Å². The van der Waals surface area contributed by atoms with Gasteiger partial charge in [0.15, 0.2) is 5.82 Å². The molecular formula is C9H7ClFN3. The summed E-state index contributed by atoms with van der Waals surface area (Å²) in [7, 11) is 0. The number of benzene rings is 1. The molecule has 0 radical (unpaired) electrons. The molecule has 0 spiro atoms. The summed E-state index contributed by atoms with van der Waals surface area (Å²) in [6.45, 7) is 0. The number of nitrogens with two attached hydrogens (primary N) is 1. The molecule has 0 aliphatic heterocycles. The van der Waals surface area contributed by atoms with Gasteiger partial charge in [0.05, 0.1) is 5.56 Å². The molecule has 0 aliphatic rings. The molecule has 5 heteroatoms. The molecule has 1 heterocycles. The van der Waals surface area contributed by atoms with Crippen LogP contribution in [0.1, 0.15) is 0 Å². The molecule has 0 bridgehead atoms. The summed E-state index contributed by atoms with van der Waals surface area (Å²) in [6.07, 6.45) is 0. The topological polar surface area (TPSA) is 54.7 Å². The Labute approximate surface area is 84.7 Å². The summed E-state index contributed by atoms with van der Waals surface area (Å²) >= 11 is 5.83. The zero-order chi connectivity index (χ0) is 10.1. The lowest BCUT2D eigenvalue weighted by molar-refractivity contribution is 0.628. The highest BCUT2D eigenvalue weighted by Gasteiger charge is 2.10. The summed E-state index contributed by atoms with van der Waals surface area (Å²) < 4.78 is 12.6. The molecule has 0 amide bonds. The van der Waals surface area contributed by atoms with Gasteiger partial charge in [-0.15, -0.1) is 0 Å². The SMILES string of the molecule is Nc1n[nH]c(Cl)c1-c1ccc(F)cc1. The molecule has 0 saturated heterocycles. The molecule has 0 unspecified atom stereocenters. The molecule has 2 rings (SSSR count). The van der Waals surface area contributed by atoms with E-state index in [1.54, 1.807) is 12.1 Å². The zero-order valence-corrected chi connectivity index (χ0v) is 7.85. The van der Waals surface area contributed by atoms with E-state index in [1.807, 2.05) is 0 Å². The molecule has 72 valence electrons. The number of nitrogen functional groups attached to an aromatic ring is 1. The van der Waals surface area contributed by atoms with Crippen LogP contribution in [-0.4, -0.2) is 10.2 Å². The highest BCUT2D eigenvalue weighted by atomic mass is 35.5. The van der Waals surface area contributed by atoms with Crippen molar-refractivity contribution in [2.75, 3.05) is 5.73 Å². The van der Waals surface area contributed by atoms with Crippen LogP contribution in [0.4, 0.5) is 10.2 Å². The lowest BCUT2D eigenvalue weighted by Crippen LogP contribution is -1.87. The van der Waals surface area contributed by atoms with Gasteiger partial charge in [0.25, 0.3) is 0 Å². The van der Waals surface area contributed by atoms with Crippen LogP contribution in [0.25, 0.3) is 11.1 Å². The van der Waals surface area contributed by atoms with Crippen LogP contribution in [-0.2, 0) is 0 Å². The van der Waals surface area contributed by atoms with Crippen molar-refractivity contribution in [3.8, 4) is 11.1 Å². The number of aromatic amines is 1. The predicted molar refractivity (Wildman–Crippen MR) is 53.4 cm³/mol. The van der Waals surface area contributed by atoms with Crippen LogP contribution < -0.4 is 5.73 Å². The number of aromatic nitrogens is 2. The van der Waals surface area contributed by atoms with E-state index in [-0.39, 0.29) is 5.82 Å². The highest BCUT2D eigenvalue weighted by molar-refractivity contribution is 6.32. The summed E-state index contributed by atoms with van der Waals surface area (Å²) in [4.78, 5) is 0. The van der Waals surface area contributed by atoms with Gasteiger partial charge in [-0.25, -0.2) is 4.39 Å². The Bertz CT molecular complexity index is 430. The third-order valence-electron chi connectivity index (χ3n) is 1.88. The van der Waals surface area contributed by atoms with Gasteiger partial charge in [0.2, 0.25) is 0 Å². The van der Waals surface area contributed by atoms with E-state index in [9.17, 15) is 4.39 Å². The summed E-state index contributed by atoms with van der Waals surface area (Å²) in [6, 6.07) is 5.89. The number of hydrogen-bond donors (Lipinski definition) is 2. The first-order chi connectivity index (χ1) is 6.68. The minimum absolute atomic E-state index is 0.299. The Kier molecular flexibility index (Phi) is 2.13. The number of halogens is 2. The summed E-state index contributed by atoms with van der Waals surface area (Å²) in [5.74, 6) is 0.00791. The van der Waals surface area contributed by atoms with Crippen molar-refractivity contribution in [2.45, 2.75) is 0 Å². The normalized spacial score (nSPS) is 10.4. The second kappa shape index (κ2) is 3.31. The van der Waals surface area contributed by atoms with E-state index in [0.717, 1.165) is 5.56 Å². The van der Waals surface area contributed by atoms with Crippen molar-refractivity contribution >= 4 is 17.4 Å². The standard InChI is InChI=1S/C9H7ClFN3/c10-8-7(9(12)14-13-8)5-1-3-6(11)4-2-5/h1-4H,(H3,12,13,14). The quantitative estimate of drug-likeness (QED) is 0.761. The Morgan fingerprint density at radius 3 is 2.43 bits per heavy atom. The molecule has 1 aromatic heterocycles. The van der Waals surface area contributed by atoms with Gasteiger partial charge in [-0.3, -0.25) is 5.10 Å². The first-order valence-electron chi connectivity index (χ1n) is 3.94. The van der Waals surface area contributed by atoms with Crippen LogP contribution in [0.5, 0.6) is 0 Å². The average Bonchev–Trinajstić information content (AvgIpc) is 2.49. The predicted octanol–water partition coefficient (Wildman–Crippen LogP) is 2.45. The van der Waals surface area contributed by atoms with Gasteiger partial charge in [0, 0.05) is 0 Å². The largest absolute Gasteiger partial charge is 0.382 e. The average molecular weight is 212 g/mol. The van der Waals surface area contributed by atoms with Crippen molar-refractivity contribution in [3.63, 3.8) is 0 Å². The number of H-pyrrole nitrogens is 1. The molecule has 14 heavy (non-hydrogen) atoms. The second-order valence-corrected chi connectivity index (χ2v) is 3.18. The summed E-state index contributed by atoms with van der Waals surface area (Å²) in [5.41, 5.74) is 6.93. The van der Waals surface area contributed by atoms with Crippen LogP contribution >= 0.6 is 11.6 Å². The molecular weight excluding hydrogens is 205 g/mol. The molecule has 0 saturated carbocycles. The Hall–Kier alpha value is -1.55. The highest BCUT2D eigenvalue weighted by Crippen LogP contribution is 2.30.